The van der Waals surface area contributed by atoms with Gasteiger partial charge in [0.1, 0.15) is 13.2 Å². The molecule has 4 aromatic rings. The van der Waals surface area contributed by atoms with Gasteiger partial charge in [0.15, 0.2) is 5.69 Å². The van der Waals surface area contributed by atoms with Crippen LogP contribution in [0.1, 0.15) is 21.6 Å². The van der Waals surface area contributed by atoms with Crippen molar-refractivity contribution in [2.45, 2.75) is 13.2 Å². The van der Waals surface area contributed by atoms with Crippen molar-refractivity contribution >= 4 is 51.8 Å². The molecule has 1 N–H and O–H groups in total. The molecular formula is C25H21N3NaO6S. The van der Waals surface area contributed by atoms with Crippen molar-refractivity contribution in [1.82, 2.24) is 13.7 Å². The number of ether oxygens (including phenoxy) is 2. The number of benzene rings is 2. The number of hydrogen-bond donors (Lipinski definition) is 1. The van der Waals surface area contributed by atoms with Crippen molar-refractivity contribution in [3.05, 3.63) is 114 Å². The van der Waals surface area contributed by atoms with E-state index < -0.39 is 22.3 Å². The second kappa shape index (κ2) is 12.5. The first-order valence-corrected chi connectivity index (χ1v) is 12.0. The fourth-order valence-corrected chi connectivity index (χ4v) is 4.24. The summed E-state index contributed by atoms with van der Waals surface area (Å²) < 4.78 is 38.9. The molecule has 0 aliphatic rings. The van der Waals surface area contributed by atoms with Crippen molar-refractivity contribution in [3.8, 4) is 11.3 Å². The van der Waals surface area contributed by atoms with E-state index in [-0.39, 0.29) is 54.0 Å². The Bertz CT molecular complexity index is 1410. The summed E-state index contributed by atoms with van der Waals surface area (Å²) in [6.45, 7) is -0.196. The fraction of sp³-hybridized carbons (Fsp3) is 0.0800. The number of nitrogens with zero attached hydrogens (tertiary/aromatic N) is 2. The first-order chi connectivity index (χ1) is 16.9. The maximum absolute atomic E-state index is 13.1. The van der Waals surface area contributed by atoms with Crippen LogP contribution in [0.5, 0.6) is 0 Å². The number of aromatic nitrogens is 2. The van der Waals surface area contributed by atoms with E-state index in [1.54, 1.807) is 72.8 Å². The molecule has 0 bridgehead atoms. The van der Waals surface area contributed by atoms with Crippen LogP contribution in [0.3, 0.4) is 0 Å². The van der Waals surface area contributed by atoms with Crippen LogP contribution in [0.15, 0.2) is 97.3 Å². The predicted molar refractivity (Wildman–Crippen MR) is 133 cm³/mol. The zero-order valence-corrected chi connectivity index (χ0v) is 22.2. The molecule has 2 heterocycles. The number of carbonyl (C=O) groups excluding carboxylic acids is 2. The Morgan fingerprint density at radius 2 is 1.39 bits per heavy atom. The van der Waals surface area contributed by atoms with Crippen molar-refractivity contribution in [1.29, 1.82) is 0 Å². The van der Waals surface area contributed by atoms with Crippen LogP contribution in [-0.4, -0.2) is 59.0 Å². The second-order valence-corrected chi connectivity index (χ2v) is 8.87. The minimum absolute atomic E-state index is 0. The summed E-state index contributed by atoms with van der Waals surface area (Å²) in [5.74, 6) is -0.900. The molecular weight excluding hydrogens is 493 g/mol. The largest absolute Gasteiger partial charge is 0.456 e. The van der Waals surface area contributed by atoms with Crippen LogP contribution in [0.2, 0.25) is 0 Å². The van der Waals surface area contributed by atoms with Gasteiger partial charge in [-0.3, -0.25) is 4.98 Å². The van der Waals surface area contributed by atoms with Gasteiger partial charge in [-0.1, -0.05) is 66.7 Å². The third-order valence-electron chi connectivity index (χ3n) is 4.88. The summed E-state index contributed by atoms with van der Waals surface area (Å²) in [4.78, 5) is 29.5. The number of rotatable bonds is 8. The monoisotopic (exact) mass is 514 g/mol. The number of nitrogens with one attached hydrogen (secondary N) is 1. The maximum atomic E-state index is 13.1. The summed E-state index contributed by atoms with van der Waals surface area (Å²) in [5.41, 5.74) is 1.70. The Morgan fingerprint density at radius 3 is 1.97 bits per heavy atom. The molecule has 1 radical (unpaired) electrons. The second-order valence-electron chi connectivity index (χ2n) is 7.32. The van der Waals surface area contributed by atoms with Gasteiger partial charge in [-0.25, -0.2) is 18.3 Å². The molecule has 0 aliphatic carbocycles. The molecule has 2 aromatic heterocycles. The first kappa shape index (κ1) is 27.2. The van der Waals surface area contributed by atoms with E-state index in [4.69, 9.17) is 9.47 Å². The van der Waals surface area contributed by atoms with Gasteiger partial charge in [-0.05, 0) is 29.3 Å². The third kappa shape index (κ3) is 6.82. The SMILES string of the molecule is O=C(NS(=O)(=O)n1ccc(-c2ccccn2)c1C(=O)OCc1ccccc1)OCc1ccccc1.[Na]. The van der Waals surface area contributed by atoms with Gasteiger partial charge in [0.05, 0.1) is 5.69 Å². The summed E-state index contributed by atoms with van der Waals surface area (Å²) in [6, 6.07) is 24.2. The van der Waals surface area contributed by atoms with Crippen LogP contribution in [0.4, 0.5) is 4.79 Å². The van der Waals surface area contributed by atoms with E-state index in [9.17, 15) is 18.0 Å². The zero-order chi connectivity index (χ0) is 24.7. The van der Waals surface area contributed by atoms with Gasteiger partial charge >= 0.3 is 22.3 Å². The summed E-state index contributed by atoms with van der Waals surface area (Å²) >= 11 is 0. The van der Waals surface area contributed by atoms with E-state index in [1.165, 1.54) is 12.3 Å². The van der Waals surface area contributed by atoms with E-state index in [0.717, 1.165) is 11.8 Å². The first-order valence-electron chi connectivity index (χ1n) is 10.5. The fourth-order valence-electron chi connectivity index (χ4n) is 3.24. The van der Waals surface area contributed by atoms with Crippen LogP contribution < -0.4 is 4.72 Å². The number of amides is 1. The van der Waals surface area contributed by atoms with Crippen molar-refractivity contribution in [3.63, 3.8) is 0 Å². The number of carbonyl (C=O) groups is 2. The van der Waals surface area contributed by atoms with Gasteiger partial charge < -0.3 is 9.47 Å². The number of hydrogen-bond acceptors (Lipinski definition) is 7. The summed E-state index contributed by atoms with van der Waals surface area (Å²) in [5, 5.41) is 0. The molecule has 9 nitrogen and oxygen atoms in total. The van der Waals surface area contributed by atoms with Crippen LogP contribution >= 0.6 is 0 Å². The molecule has 0 atom stereocenters. The number of esters is 1. The number of pyridine rings is 1. The standard InChI is InChI=1S/C25H21N3O6S.Na/c29-24(33-17-19-9-3-1-4-10-19)23-21(22-13-7-8-15-26-22)14-16-28(23)35(31,32)27-25(30)34-18-20-11-5-2-6-12-20;/h1-16H,17-18H2,(H,27,30);. The van der Waals surface area contributed by atoms with Crippen molar-refractivity contribution < 1.29 is 27.5 Å². The summed E-state index contributed by atoms with van der Waals surface area (Å²) in [7, 11) is -4.55. The Kier molecular flexibility index (Phi) is 9.43. The van der Waals surface area contributed by atoms with Gasteiger partial charge in [-0.15, -0.1) is 0 Å². The molecule has 0 aliphatic heterocycles. The van der Waals surface area contributed by atoms with E-state index >= 15 is 0 Å². The maximum Gasteiger partial charge on any atom is 0.422 e. The molecule has 0 saturated heterocycles. The molecule has 0 unspecified atom stereocenters. The van der Waals surface area contributed by atoms with Crippen LogP contribution in [0.25, 0.3) is 11.3 Å². The quantitative estimate of drug-likeness (QED) is 0.282. The van der Waals surface area contributed by atoms with Gasteiger partial charge in [0.2, 0.25) is 0 Å². The molecule has 179 valence electrons. The minimum Gasteiger partial charge on any atom is -0.456 e. The Hall–Kier alpha value is -3.44. The Labute approximate surface area is 230 Å². The molecule has 2 aromatic carbocycles. The minimum atomic E-state index is -4.55. The topological polar surface area (TPSA) is 117 Å². The average molecular weight is 515 g/mol. The average Bonchev–Trinajstić information content (AvgIpc) is 3.34. The molecule has 1 amide bonds. The van der Waals surface area contributed by atoms with Gasteiger partial charge in [0, 0.05) is 47.5 Å². The van der Waals surface area contributed by atoms with Gasteiger partial charge in [0.25, 0.3) is 0 Å². The van der Waals surface area contributed by atoms with E-state index in [0.29, 0.717) is 15.2 Å². The van der Waals surface area contributed by atoms with E-state index in [1.807, 2.05) is 10.8 Å². The Morgan fingerprint density at radius 1 is 0.806 bits per heavy atom. The molecule has 11 heteroatoms. The molecule has 0 fully saturated rings. The molecule has 36 heavy (non-hydrogen) atoms. The molecule has 0 saturated carbocycles. The smallest absolute Gasteiger partial charge is 0.422 e. The van der Waals surface area contributed by atoms with Crippen molar-refractivity contribution in [2.24, 2.45) is 0 Å². The normalized spacial score (nSPS) is 10.7. The van der Waals surface area contributed by atoms with E-state index in [2.05, 4.69) is 4.98 Å². The van der Waals surface area contributed by atoms with Crippen LogP contribution in [0, 0.1) is 0 Å². The van der Waals surface area contributed by atoms with Crippen molar-refractivity contribution in [2.75, 3.05) is 0 Å². The Balaban J connectivity index is 0.00000361. The molecule has 0 spiro atoms. The van der Waals surface area contributed by atoms with Gasteiger partial charge in [-0.2, -0.15) is 8.42 Å². The third-order valence-corrected chi connectivity index (χ3v) is 6.13. The van der Waals surface area contributed by atoms with Crippen LogP contribution in [-0.2, 0) is 32.9 Å². The zero-order valence-electron chi connectivity index (χ0n) is 19.4. The predicted octanol–water partition coefficient (Wildman–Crippen LogP) is 3.55. The molecule has 4 rings (SSSR count). The summed E-state index contributed by atoms with van der Waals surface area (Å²) in [6.07, 6.45) is 1.47.